The summed E-state index contributed by atoms with van der Waals surface area (Å²) in [5.74, 6) is -0.172. The lowest BCUT2D eigenvalue weighted by atomic mass is 10.3. The van der Waals surface area contributed by atoms with Crippen molar-refractivity contribution in [1.82, 2.24) is 9.66 Å². The van der Waals surface area contributed by atoms with E-state index in [0.717, 1.165) is 0 Å². The molecule has 0 atom stereocenters. The molecule has 1 N–H and O–H groups in total. The molecule has 0 aliphatic carbocycles. The minimum atomic E-state index is -0.172. The minimum Gasteiger partial charge on any atom is -0.268 e. The number of nitrogens with one attached hydrogen (secondary N) is 1. The SMILES string of the molecule is O=C(Nn1cccc1)c1ccnc(Br)c1. The van der Waals surface area contributed by atoms with Gasteiger partial charge in [-0.2, -0.15) is 0 Å². The van der Waals surface area contributed by atoms with Gasteiger partial charge in [0.1, 0.15) is 4.60 Å². The quantitative estimate of drug-likeness (QED) is 0.845. The van der Waals surface area contributed by atoms with E-state index in [1.165, 1.54) is 0 Å². The van der Waals surface area contributed by atoms with Crippen molar-refractivity contribution < 1.29 is 4.79 Å². The van der Waals surface area contributed by atoms with E-state index < -0.39 is 0 Å². The van der Waals surface area contributed by atoms with E-state index in [2.05, 4.69) is 26.3 Å². The number of amides is 1. The first-order valence-corrected chi connectivity index (χ1v) is 5.11. The molecule has 0 aliphatic rings. The summed E-state index contributed by atoms with van der Waals surface area (Å²) in [6, 6.07) is 6.99. The summed E-state index contributed by atoms with van der Waals surface area (Å²) in [6.45, 7) is 0. The molecule has 4 nitrogen and oxygen atoms in total. The third kappa shape index (κ3) is 2.44. The molecule has 5 heteroatoms. The van der Waals surface area contributed by atoms with Crippen LogP contribution >= 0.6 is 15.9 Å². The number of carbonyl (C=O) groups is 1. The maximum Gasteiger partial charge on any atom is 0.270 e. The van der Waals surface area contributed by atoms with Crippen LogP contribution in [-0.2, 0) is 0 Å². The lowest BCUT2D eigenvalue weighted by molar-refractivity contribution is 0.101. The molecule has 0 bridgehead atoms. The summed E-state index contributed by atoms with van der Waals surface area (Å²) in [5, 5.41) is 0. The van der Waals surface area contributed by atoms with Crippen LogP contribution in [0.5, 0.6) is 0 Å². The Morgan fingerprint density at radius 2 is 2.13 bits per heavy atom. The minimum absolute atomic E-state index is 0.172. The molecule has 0 aromatic carbocycles. The Bertz CT molecular complexity index is 467. The zero-order valence-corrected chi connectivity index (χ0v) is 9.31. The van der Waals surface area contributed by atoms with Crippen molar-refractivity contribution in [2.75, 3.05) is 5.43 Å². The maximum absolute atomic E-state index is 11.7. The topological polar surface area (TPSA) is 46.9 Å². The van der Waals surface area contributed by atoms with Gasteiger partial charge in [-0.3, -0.25) is 14.9 Å². The van der Waals surface area contributed by atoms with Gasteiger partial charge < -0.3 is 0 Å². The molecule has 0 saturated carbocycles. The average molecular weight is 266 g/mol. The van der Waals surface area contributed by atoms with Crippen LogP contribution in [0.3, 0.4) is 0 Å². The van der Waals surface area contributed by atoms with Gasteiger partial charge in [-0.15, -0.1) is 0 Å². The number of nitrogens with zero attached hydrogens (tertiary/aromatic N) is 2. The van der Waals surface area contributed by atoms with E-state index >= 15 is 0 Å². The van der Waals surface area contributed by atoms with Crippen LogP contribution < -0.4 is 5.43 Å². The van der Waals surface area contributed by atoms with Crippen LogP contribution in [0.15, 0.2) is 47.5 Å². The predicted molar refractivity (Wildman–Crippen MR) is 60.1 cm³/mol. The van der Waals surface area contributed by atoms with Gasteiger partial charge in [-0.1, -0.05) is 0 Å². The van der Waals surface area contributed by atoms with E-state index in [0.29, 0.717) is 10.2 Å². The highest BCUT2D eigenvalue weighted by atomic mass is 79.9. The first kappa shape index (κ1) is 9.92. The Morgan fingerprint density at radius 3 is 2.80 bits per heavy atom. The van der Waals surface area contributed by atoms with Crippen molar-refractivity contribution in [3.63, 3.8) is 0 Å². The fourth-order valence-corrected chi connectivity index (χ4v) is 1.50. The third-order valence-electron chi connectivity index (χ3n) is 1.82. The summed E-state index contributed by atoms with van der Waals surface area (Å²) in [5.41, 5.74) is 3.26. The van der Waals surface area contributed by atoms with Crippen LogP contribution in [0.1, 0.15) is 10.4 Å². The third-order valence-corrected chi connectivity index (χ3v) is 2.26. The highest BCUT2D eigenvalue weighted by Gasteiger charge is 2.05. The highest BCUT2D eigenvalue weighted by molar-refractivity contribution is 9.10. The molecule has 0 saturated heterocycles. The summed E-state index contributed by atoms with van der Waals surface area (Å²) in [7, 11) is 0. The predicted octanol–water partition coefficient (Wildman–Crippen LogP) is 2.03. The van der Waals surface area contributed by atoms with Crippen LogP contribution in [0.4, 0.5) is 0 Å². The van der Waals surface area contributed by atoms with E-state index in [9.17, 15) is 4.79 Å². The van der Waals surface area contributed by atoms with E-state index in [1.54, 1.807) is 35.4 Å². The summed E-state index contributed by atoms with van der Waals surface area (Å²) >= 11 is 3.21. The number of rotatable bonds is 2. The van der Waals surface area contributed by atoms with Gasteiger partial charge >= 0.3 is 0 Å². The first-order valence-electron chi connectivity index (χ1n) is 4.31. The van der Waals surface area contributed by atoms with Crippen LogP contribution in [0, 0.1) is 0 Å². The number of carbonyl (C=O) groups excluding carboxylic acids is 1. The maximum atomic E-state index is 11.7. The first-order chi connectivity index (χ1) is 7.25. The second kappa shape index (κ2) is 4.27. The van der Waals surface area contributed by atoms with E-state index in [1.807, 2.05) is 12.1 Å². The van der Waals surface area contributed by atoms with Gasteiger partial charge in [0.05, 0.1) is 0 Å². The van der Waals surface area contributed by atoms with Crippen molar-refractivity contribution >= 4 is 21.8 Å². The van der Waals surface area contributed by atoms with Gasteiger partial charge in [-0.25, -0.2) is 4.98 Å². The fourth-order valence-electron chi connectivity index (χ4n) is 1.13. The highest BCUT2D eigenvalue weighted by Crippen LogP contribution is 2.08. The second-order valence-corrected chi connectivity index (χ2v) is 3.71. The molecular weight excluding hydrogens is 258 g/mol. The molecule has 2 heterocycles. The van der Waals surface area contributed by atoms with Crippen molar-refractivity contribution in [2.24, 2.45) is 0 Å². The summed E-state index contributed by atoms with van der Waals surface area (Å²) in [6.07, 6.45) is 5.09. The lowest BCUT2D eigenvalue weighted by Gasteiger charge is -2.05. The van der Waals surface area contributed by atoms with Crippen molar-refractivity contribution in [2.45, 2.75) is 0 Å². The van der Waals surface area contributed by atoms with Crippen LogP contribution in [0.2, 0.25) is 0 Å². The van der Waals surface area contributed by atoms with Gasteiger partial charge in [0, 0.05) is 24.2 Å². The molecule has 2 aromatic rings. The largest absolute Gasteiger partial charge is 0.270 e. The zero-order chi connectivity index (χ0) is 10.7. The summed E-state index contributed by atoms with van der Waals surface area (Å²) < 4.78 is 2.24. The molecule has 2 aromatic heterocycles. The molecule has 76 valence electrons. The molecule has 1 amide bonds. The molecule has 15 heavy (non-hydrogen) atoms. The summed E-state index contributed by atoms with van der Waals surface area (Å²) in [4.78, 5) is 15.6. The number of pyridine rings is 1. The second-order valence-electron chi connectivity index (χ2n) is 2.90. The van der Waals surface area contributed by atoms with E-state index in [-0.39, 0.29) is 5.91 Å². The van der Waals surface area contributed by atoms with Crippen molar-refractivity contribution in [3.05, 3.63) is 53.0 Å². The Labute approximate surface area is 95.0 Å². The standard InChI is InChI=1S/C10H8BrN3O/c11-9-7-8(3-4-12-9)10(15)13-14-5-1-2-6-14/h1-7H,(H,13,15). The van der Waals surface area contributed by atoms with Gasteiger partial charge in [-0.05, 0) is 40.2 Å². The number of hydrogen-bond donors (Lipinski definition) is 1. The Balaban J connectivity index is 2.15. The molecule has 0 radical (unpaired) electrons. The average Bonchev–Trinajstić information content (AvgIpc) is 2.70. The van der Waals surface area contributed by atoms with Crippen molar-refractivity contribution in [1.29, 1.82) is 0 Å². The zero-order valence-electron chi connectivity index (χ0n) is 7.72. The van der Waals surface area contributed by atoms with Gasteiger partial charge in [0.25, 0.3) is 5.91 Å². The monoisotopic (exact) mass is 265 g/mol. The molecule has 0 unspecified atom stereocenters. The van der Waals surface area contributed by atoms with Crippen LogP contribution in [0.25, 0.3) is 0 Å². The molecule has 0 aliphatic heterocycles. The molecule has 0 spiro atoms. The molecular formula is C10H8BrN3O. The van der Waals surface area contributed by atoms with Gasteiger partial charge in [0.2, 0.25) is 0 Å². The number of aromatic nitrogens is 2. The van der Waals surface area contributed by atoms with Gasteiger partial charge in [0.15, 0.2) is 0 Å². The molecule has 0 fully saturated rings. The Hall–Kier alpha value is -1.62. The Morgan fingerprint density at radius 1 is 1.40 bits per heavy atom. The number of halogens is 1. The molecule has 2 rings (SSSR count). The lowest BCUT2D eigenvalue weighted by Crippen LogP contribution is -2.21. The number of hydrogen-bond acceptors (Lipinski definition) is 2. The van der Waals surface area contributed by atoms with Crippen molar-refractivity contribution in [3.8, 4) is 0 Å². The Kier molecular flexibility index (Phi) is 2.82. The van der Waals surface area contributed by atoms with E-state index in [4.69, 9.17) is 0 Å². The normalized spacial score (nSPS) is 9.93. The fraction of sp³-hybridized carbons (Fsp3) is 0. The smallest absolute Gasteiger partial charge is 0.268 e. The van der Waals surface area contributed by atoms with Crippen LogP contribution in [-0.4, -0.2) is 15.6 Å².